The van der Waals surface area contributed by atoms with Crippen molar-refractivity contribution in [2.75, 3.05) is 45.6 Å². The molecule has 22 heterocycles. The van der Waals surface area contributed by atoms with E-state index in [0.29, 0.717) is 41.1 Å². The summed E-state index contributed by atoms with van der Waals surface area (Å²) in [5.74, 6) is 2.68. The van der Waals surface area contributed by atoms with Gasteiger partial charge in [-0.15, -0.1) is 0 Å². The summed E-state index contributed by atoms with van der Waals surface area (Å²) in [6, 6.07) is 41.2. The highest BCUT2D eigenvalue weighted by Gasteiger charge is 2.26. The number of likely N-dealkylation sites (tertiary alicyclic amines) is 2. The molecule has 2 fully saturated rings. The summed E-state index contributed by atoms with van der Waals surface area (Å²) in [6.45, 7) is 13.5. The Labute approximate surface area is 804 Å². The van der Waals surface area contributed by atoms with Gasteiger partial charge in [-0.1, -0.05) is 51.5 Å². The lowest BCUT2D eigenvalue weighted by Gasteiger charge is -2.26. The third-order valence-corrected chi connectivity index (χ3v) is 25.4. The summed E-state index contributed by atoms with van der Waals surface area (Å²) in [5, 5.41) is 37.7. The van der Waals surface area contributed by atoms with Crippen LogP contribution in [0.4, 0.5) is 5.69 Å². The summed E-state index contributed by atoms with van der Waals surface area (Å²) in [4.78, 5) is 88.0. The topological polar surface area (TPSA) is 424 Å². The number of pyridine rings is 8. The first kappa shape index (κ1) is 87.4. The first-order valence-electron chi connectivity index (χ1n) is 46.7. The van der Waals surface area contributed by atoms with Crippen molar-refractivity contribution >= 4 is 99.3 Å². The van der Waals surface area contributed by atoms with Crippen LogP contribution in [0.3, 0.4) is 0 Å². The number of H-pyrrole nitrogens is 8. The van der Waals surface area contributed by atoms with Crippen molar-refractivity contribution in [2.45, 2.75) is 78.9 Å². The van der Waals surface area contributed by atoms with Crippen LogP contribution in [0, 0.1) is 5.41 Å². The number of fused-ring (bicyclic) bond motifs is 8. The molecule has 0 radical (unpaired) electrons. The molecule has 33 nitrogen and oxygen atoms in total. The minimum atomic E-state index is -0.0934. The Kier molecular flexibility index (Phi) is 23.4. The van der Waals surface area contributed by atoms with Gasteiger partial charge in [0.25, 0.3) is 0 Å². The van der Waals surface area contributed by atoms with Crippen LogP contribution in [-0.2, 0) is 24.4 Å². The summed E-state index contributed by atoms with van der Waals surface area (Å²) in [5.41, 5.74) is 33.4. The molecule has 4 aromatic carbocycles. The molecule has 0 unspecified atom stereocenters. The van der Waals surface area contributed by atoms with Gasteiger partial charge < -0.3 is 47.8 Å². The zero-order chi connectivity index (χ0) is 95.0. The molecule has 0 saturated carbocycles. The third-order valence-electron chi connectivity index (χ3n) is 25.4. The number of rotatable bonds is 20. The van der Waals surface area contributed by atoms with Gasteiger partial charge in [0.15, 0.2) is 23.3 Å². The number of anilines is 1. The van der Waals surface area contributed by atoms with E-state index in [-0.39, 0.29) is 11.3 Å². The van der Waals surface area contributed by atoms with E-state index in [2.05, 4.69) is 201 Å². The Bertz CT molecular complexity index is 8610. The average molecular weight is 1860 g/mol. The van der Waals surface area contributed by atoms with Crippen LogP contribution in [0.25, 0.3) is 223 Å². The molecule has 24 aromatic rings. The molecule has 2 aliphatic rings. The van der Waals surface area contributed by atoms with Crippen molar-refractivity contribution in [3.8, 4) is 135 Å². The molecule has 9 N–H and O–H groups in total. The highest BCUT2D eigenvalue weighted by atomic mass is 16.3. The first-order valence-corrected chi connectivity index (χ1v) is 46.7. The summed E-state index contributed by atoms with van der Waals surface area (Å²) >= 11 is 0. The third kappa shape index (κ3) is 18.4. The maximum absolute atomic E-state index is 12.4. The smallest absolute Gasteiger partial charge is 0.224 e. The van der Waals surface area contributed by atoms with Gasteiger partial charge in [0.05, 0.1) is 131 Å². The summed E-state index contributed by atoms with van der Waals surface area (Å²) in [7, 11) is 4.11. The standard InChI is InChI=1S/C28H25N7O2.C28H25N7O.C27H23N7O.C25H21N7O/c1-28(2,3)10-24(36)31-19-8-18(11-29-12-19)16-4-5-22-20(9-16)26(35-34-22)27-32-23-14-30-13-21(25(23)33-27)17-6-7-37-15-17;1-2-7-35(8-3-1)16-18-10-21(13-29-12-18)19-4-5-24-22(11-19)27(34-33-24)28-31-25-15-30-14-23(26(25)32-28)20-6-9-36-17-20;1-2-7-34(6-1)15-17-9-20(12-28-11-17)18-3-4-23-21(10-18)26(33-32-23)27-30-24-14-29-13-22(25(24)31-27)19-5-8-35-16-19;1-32(2)13-15-7-18(10-26-9-15)16-3-4-21-19(8-16)24(31-30-21)25-28-22-12-27-11-20(23(22)29-25)17-5-6-33-14-17/h4-9,11-15H,10H2,1-3H3,(H,31,36)(H,32,33)(H,34,35);4-6,9-15,17H,1-3,7-8,16H2,(H,31,32)(H,33,34);3-5,8-14,16H,1-2,6-7,15H2,(H,30,31)(H,32,33);3-12,14H,13H2,1-2H3,(H,28,29)(H,30,31). The molecule has 20 aromatic heterocycles. The van der Waals surface area contributed by atoms with E-state index in [9.17, 15) is 4.79 Å². The van der Waals surface area contributed by atoms with E-state index in [4.69, 9.17) is 37.6 Å². The lowest BCUT2D eigenvalue weighted by Crippen LogP contribution is -2.29. The second kappa shape index (κ2) is 37.8. The summed E-state index contributed by atoms with van der Waals surface area (Å²) < 4.78 is 21.0. The Balaban J connectivity index is 0.000000105. The average Bonchev–Trinajstić information content (AvgIpc) is 1.63. The maximum atomic E-state index is 12.4. The van der Waals surface area contributed by atoms with Crippen LogP contribution >= 0.6 is 0 Å². The van der Waals surface area contributed by atoms with E-state index in [1.807, 2.05) is 119 Å². The number of carbonyl (C=O) groups is 1. The molecule has 1 amide bonds. The molecule has 141 heavy (non-hydrogen) atoms. The lowest BCUT2D eigenvalue weighted by atomic mass is 9.92. The number of nitrogens with zero attached hydrogens (tertiary/aromatic N) is 19. The van der Waals surface area contributed by atoms with Crippen molar-refractivity contribution in [1.29, 1.82) is 0 Å². The number of aromatic amines is 8. The highest BCUT2D eigenvalue weighted by Crippen LogP contribution is 2.41. The number of amides is 1. The fourth-order valence-electron chi connectivity index (χ4n) is 18.7. The number of aromatic nitrogens is 24. The van der Waals surface area contributed by atoms with E-state index in [1.54, 1.807) is 106 Å². The number of hydrogen-bond acceptors (Lipinski definition) is 24. The van der Waals surface area contributed by atoms with Crippen molar-refractivity contribution in [1.82, 2.24) is 135 Å². The van der Waals surface area contributed by atoms with Gasteiger partial charge in [0.1, 0.15) is 44.8 Å². The van der Waals surface area contributed by atoms with Gasteiger partial charge in [-0.05, 0) is 207 Å². The highest BCUT2D eigenvalue weighted by molar-refractivity contribution is 6.04. The van der Waals surface area contributed by atoms with Crippen molar-refractivity contribution in [2.24, 2.45) is 5.41 Å². The Morgan fingerprint density at radius 2 is 0.638 bits per heavy atom. The number of benzene rings is 4. The predicted octanol–water partition coefficient (Wildman–Crippen LogP) is 22.3. The normalized spacial score (nSPS) is 13.2. The number of piperidine rings is 1. The largest absolute Gasteiger partial charge is 0.472 e. The molecule has 26 rings (SSSR count). The maximum Gasteiger partial charge on any atom is 0.224 e. The molecule has 33 heteroatoms. The van der Waals surface area contributed by atoms with Crippen LogP contribution in [0.15, 0.2) is 288 Å². The van der Waals surface area contributed by atoms with Crippen LogP contribution in [0.2, 0.25) is 0 Å². The fraction of sp³-hybridized carbons (Fsp3) is 0.176. The lowest BCUT2D eigenvalue weighted by molar-refractivity contribution is -0.117. The van der Waals surface area contributed by atoms with Crippen molar-refractivity contribution < 1.29 is 22.5 Å². The molecule has 696 valence electrons. The van der Waals surface area contributed by atoms with E-state index < -0.39 is 0 Å². The summed E-state index contributed by atoms with van der Waals surface area (Å²) in [6.07, 6.45) is 49.6. The van der Waals surface area contributed by atoms with Crippen molar-refractivity contribution in [3.63, 3.8) is 0 Å². The minimum absolute atomic E-state index is 0.0341. The fourth-order valence-corrected chi connectivity index (χ4v) is 18.7. The van der Waals surface area contributed by atoms with Gasteiger partial charge in [-0.3, -0.25) is 74.9 Å². The second-order valence-corrected chi connectivity index (χ2v) is 37.1. The molecule has 0 spiro atoms. The minimum Gasteiger partial charge on any atom is -0.472 e. The quantitative estimate of drug-likeness (QED) is 0.0342. The van der Waals surface area contributed by atoms with Gasteiger partial charge in [-0.2, -0.15) is 20.4 Å². The Hall–Kier alpha value is -17.7. The predicted molar refractivity (Wildman–Crippen MR) is 543 cm³/mol. The van der Waals surface area contributed by atoms with Gasteiger partial charge >= 0.3 is 0 Å². The number of hydrogen-bond donors (Lipinski definition) is 9. The monoisotopic (exact) mass is 1860 g/mol. The van der Waals surface area contributed by atoms with Crippen LogP contribution in [0.5, 0.6) is 0 Å². The van der Waals surface area contributed by atoms with Gasteiger partial charge in [0, 0.05) is 183 Å². The number of furan rings is 4. The molecule has 2 aliphatic heterocycles. The van der Waals surface area contributed by atoms with Crippen molar-refractivity contribution in [3.05, 3.63) is 287 Å². The Morgan fingerprint density at radius 1 is 0.333 bits per heavy atom. The van der Waals surface area contributed by atoms with E-state index in [1.165, 1.54) is 75.0 Å². The molecule has 0 aliphatic carbocycles. The van der Waals surface area contributed by atoms with Crippen LogP contribution < -0.4 is 5.32 Å². The van der Waals surface area contributed by atoms with Gasteiger partial charge in [0.2, 0.25) is 5.91 Å². The number of imidazole rings is 4. The zero-order valence-corrected chi connectivity index (χ0v) is 77.6. The first-order chi connectivity index (χ1) is 69.1. The van der Waals surface area contributed by atoms with Crippen LogP contribution in [-0.4, -0.2) is 181 Å². The zero-order valence-electron chi connectivity index (χ0n) is 77.6. The molecule has 0 atom stereocenters. The molecular weight excluding hydrogens is 1770 g/mol. The number of carbonyl (C=O) groups excluding carboxylic acids is 1. The SMILES string of the molecule is CC(C)(C)CC(=O)Nc1cncc(-c2ccc3[nH]nc(-c4nc5c(-c6ccoc6)cncc5[nH]4)c3c2)c1.CN(C)Cc1cncc(-c2ccc3[nH]nc(-c4nc5c(-c6ccoc6)cncc5[nH]4)c3c2)c1.c1cc(-c2cncc3[nH]c(-c4n[nH]c5ccc(-c6cncc(CN7CCCC7)c6)cc45)nc23)co1.c1cc(-c2cncc3[nH]c(-c4n[nH]c5ccc(-c6cncc(CN7CCCCC7)c6)cc45)nc23)co1. The van der Waals surface area contributed by atoms with E-state index >= 15 is 0 Å². The van der Waals surface area contributed by atoms with Gasteiger partial charge in [-0.25, -0.2) is 19.9 Å². The second-order valence-electron chi connectivity index (χ2n) is 37.1. The molecule has 0 bridgehead atoms. The molecular formula is C108H94N28O5. The van der Waals surface area contributed by atoms with Crippen LogP contribution in [0.1, 0.15) is 76.0 Å². The Morgan fingerprint density at radius 3 is 0.957 bits per heavy atom. The molecule has 2 saturated heterocycles. The van der Waals surface area contributed by atoms with E-state index in [0.717, 1.165) is 213 Å². The number of nitrogens with one attached hydrogen (secondary N) is 9.